The van der Waals surface area contributed by atoms with Crippen LogP contribution in [0.1, 0.15) is 32.6 Å². The summed E-state index contributed by atoms with van der Waals surface area (Å²) in [5, 5.41) is 26.9. The highest BCUT2D eigenvalue weighted by Gasteiger charge is 1.95. The summed E-state index contributed by atoms with van der Waals surface area (Å²) >= 11 is 0. The van der Waals surface area contributed by atoms with E-state index in [9.17, 15) is 9.90 Å². The zero-order valence-electron chi connectivity index (χ0n) is 10.7. The first kappa shape index (κ1) is 16.6. The lowest BCUT2D eigenvalue weighted by molar-refractivity contribution is -0.131. The third-order valence-electron chi connectivity index (χ3n) is 2.22. The molecule has 0 radical (unpaired) electrons. The van der Waals surface area contributed by atoms with Crippen LogP contribution in [0.25, 0.3) is 0 Å². The van der Waals surface area contributed by atoms with Gasteiger partial charge in [0.25, 0.3) is 0 Å². The minimum Gasteiger partial charge on any atom is -0.478 e. The fourth-order valence-electron chi connectivity index (χ4n) is 1.29. The molecule has 0 spiro atoms. The molecule has 0 aliphatic rings. The number of aliphatic hydroxyl groups is 2. The topological polar surface area (TPSA) is 77.8 Å². The Bertz CT molecular complexity index is 303. The predicted octanol–water partition coefficient (Wildman–Crippen LogP) is 2.04. The lowest BCUT2D eigenvalue weighted by Crippen LogP contribution is -1.99. The molecule has 3 N–H and O–H groups in total. The standard InChI is InChI=1S/C14H22O4/c1-12(15)8-4-2-3-5-9-13(16)10-6-7-11-14(17)18/h3,5-7,10-13,15-16H,2,4,8-9H2,1H3,(H,17,18). The van der Waals surface area contributed by atoms with Crippen molar-refractivity contribution in [2.24, 2.45) is 0 Å². The summed E-state index contributed by atoms with van der Waals surface area (Å²) in [4.78, 5) is 10.2. The molecule has 0 aromatic carbocycles. The van der Waals surface area contributed by atoms with Gasteiger partial charge in [0.15, 0.2) is 0 Å². The van der Waals surface area contributed by atoms with Crippen LogP contribution in [0.3, 0.4) is 0 Å². The molecule has 0 aliphatic carbocycles. The van der Waals surface area contributed by atoms with E-state index in [1.165, 1.54) is 12.2 Å². The summed E-state index contributed by atoms with van der Waals surface area (Å²) in [7, 11) is 0. The monoisotopic (exact) mass is 254 g/mol. The summed E-state index contributed by atoms with van der Waals surface area (Å²) in [6.45, 7) is 1.77. The summed E-state index contributed by atoms with van der Waals surface area (Å²) in [6, 6.07) is 0. The van der Waals surface area contributed by atoms with Gasteiger partial charge in [0.2, 0.25) is 0 Å². The van der Waals surface area contributed by atoms with Crippen molar-refractivity contribution >= 4 is 5.97 Å². The summed E-state index contributed by atoms with van der Waals surface area (Å²) < 4.78 is 0. The van der Waals surface area contributed by atoms with Crippen LogP contribution in [-0.2, 0) is 4.79 Å². The first-order valence-corrected chi connectivity index (χ1v) is 6.11. The fraction of sp³-hybridized carbons (Fsp3) is 0.500. The van der Waals surface area contributed by atoms with Crippen LogP contribution in [0.15, 0.2) is 36.5 Å². The van der Waals surface area contributed by atoms with Gasteiger partial charge in [-0.05, 0) is 32.6 Å². The smallest absolute Gasteiger partial charge is 0.328 e. The van der Waals surface area contributed by atoms with E-state index in [0.29, 0.717) is 6.42 Å². The molecule has 0 amide bonds. The van der Waals surface area contributed by atoms with Crippen LogP contribution in [-0.4, -0.2) is 33.5 Å². The van der Waals surface area contributed by atoms with Gasteiger partial charge in [-0.25, -0.2) is 4.79 Å². The maximum absolute atomic E-state index is 10.2. The fourth-order valence-corrected chi connectivity index (χ4v) is 1.29. The van der Waals surface area contributed by atoms with Crippen molar-refractivity contribution in [1.29, 1.82) is 0 Å². The van der Waals surface area contributed by atoms with E-state index in [2.05, 4.69) is 0 Å². The van der Waals surface area contributed by atoms with Gasteiger partial charge in [-0.15, -0.1) is 0 Å². The molecule has 0 saturated heterocycles. The van der Waals surface area contributed by atoms with Crippen LogP contribution < -0.4 is 0 Å². The second-order valence-electron chi connectivity index (χ2n) is 4.14. The number of carboxylic acids is 1. The molecule has 4 heteroatoms. The Balaban J connectivity index is 3.66. The van der Waals surface area contributed by atoms with Crippen LogP contribution in [0.5, 0.6) is 0 Å². The molecule has 18 heavy (non-hydrogen) atoms. The van der Waals surface area contributed by atoms with Gasteiger partial charge >= 0.3 is 5.97 Å². The second-order valence-corrected chi connectivity index (χ2v) is 4.14. The number of allylic oxidation sites excluding steroid dienone is 3. The Morgan fingerprint density at radius 2 is 1.94 bits per heavy atom. The Labute approximate surface area is 108 Å². The average molecular weight is 254 g/mol. The maximum Gasteiger partial charge on any atom is 0.328 e. The van der Waals surface area contributed by atoms with Gasteiger partial charge in [-0.1, -0.05) is 30.4 Å². The lowest BCUT2D eigenvalue weighted by atomic mass is 10.1. The number of hydrogen-bond donors (Lipinski definition) is 3. The third-order valence-corrected chi connectivity index (χ3v) is 2.22. The minimum atomic E-state index is -1.01. The van der Waals surface area contributed by atoms with Crippen molar-refractivity contribution in [3.05, 3.63) is 36.5 Å². The van der Waals surface area contributed by atoms with Crippen molar-refractivity contribution in [2.75, 3.05) is 0 Å². The maximum atomic E-state index is 10.2. The third kappa shape index (κ3) is 12.7. The number of hydrogen-bond acceptors (Lipinski definition) is 3. The molecule has 2 unspecified atom stereocenters. The molecule has 0 rings (SSSR count). The molecule has 0 aromatic rings. The van der Waals surface area contributed by atoms with Crippen LogP contribution in [0.4, 0.5) is 0 Å². The van der Waals surface area contributed by atoms with Crippen LogP contribution >= 0.6 is 0 Å². The summed E-state index contributed by atoms with van der Waals surface area (Å²) in [5.41, 5.74) is 0. The van der Waals surface area contributed by atoms with Crippen molar-refractivity contribution in [1.82, 2.24) is 0 Å². The van der Waals surface area contributed by atoms with Crippen molar-refractivity contribution in [2.45, 2.75) is 44.8 Å². The molecule has 0 bridgehead atoms. The molecule has 4 nitrogen and oxygen atoms in total. The molecule has 0 aliphatic heterocycles. The first-order chi connectivity index (χ1) is 8.52. The first-order valence-electron chi connectivity index (χ1n) is 6.11. The molecule has 2 atom stereocenters. The lowest BCUT2D eigenvalue weighted by Gasteiger charge is -2.01. The number of carbonyl (C=O) groups is 1. The predicted molar refractivity (Wildman–Crippen MR) is 71.2 cm³/mol. The molecular formula is C14H22O4. The largest absolute Gasteiger partial charge is 0.478 e. The van der Waals surface area contributed by atoms with E-state index >= 15 is 0 Å². The highest BCUT2D eigenvalue weighted by molar-refractivity contribution is 5.80. The van der Waals surface area contributed by atoms with Crippen molar-refractivity contribution in [3.63, 3.8) is 0 Å². The number of rotatable bonds is 9. The highest BCUT2D eigenvalue weighted by Crippen LogP contribution is 2.02. The van der Waals surface area contributed by atoms with E-state index in [-0.39, 0.29) is 6.10 Å². The Morgan fingerprint density at radius 3 is 2.56 bits per heavy atom. The van der Waals surface area contributed by atoms with Crippen molar-refractivity contribution < 1.29 is 20.1 Å². The van der Waals surface area contributed by atoms with Crippen LogP contribution in [0.2, 0.25) is 0 Å². The summed E-state index contributed by atoms with van der Waals surface area (Å²) in [5.74, 6) is -1.01. The zero-order chi connectivity index (χ0) is 13.8. The van der Waals surface area contributed by atoms with Gasteiger partial charge in [0.05, 0.1) is 12.2 Å². The second kappa shape index (κ2) is 10.7. The minimum absolute atomic E-state index is 0.257. The molecule has 0 heterocycles. The number of unbranched alkanes of at least 4 members (excludes halogenated alkanes) is 1. The van der Waals surface area contributed by atoms with Gasteiger partial charge in [0.1, 0.15) is 0 Å². The Hall–Kier alpha value is -1.39. The zero-order valence-corrected chi connectivity index (χ0v) is 10.7. The van der Waals surface area contributed by atoms with E-state index in [1.54, 1.807) is 13.0 Å². The molecule has 0 fully saturated rings. The van der Waals surface area contributed by atoms with Gasteiger partial charge < -0.3 is 15.3 Å². The SMILES string of the molecule is CC(O)CCCC=CCC(O)C=CC=CC(=O)O. The Kier molecular flexibility index (Phi) is 9.91. The molecule has 0 aromatic heterocycles. The normalized spacial score (nSPS) is 15.7. The number of aliphatic hydroxyl groups excluding tert-OH is 2. The molecule has 102 valence electrons. The highest BCUT2D eigenvalue weighted by atomic mass is 16.4. The van der Waals surface area contributed by atoms with Gasteiger partial charge in [0, 0.05) is 6.08 Å². The number of carboxylic acid groups (broad SMARTS) is 1. The van der Waals surface area contributed by atoms with Gasteiger partial charge in [-0.3, -0.25) is 0 Å². The van der Waals surface area contributed by atoms with Crippen molar-refractivity contribution in [3.8, 4) is 0 Å². The average Bonchev–Trinajstić information content (AvgIpc) is 2.28. The summed E-state index contributed by atoms with van der Waals surface area (Å²) in [6.07, 6.45) is 11.6. The number of aliphatic carboxylic acids is 1. The van der Waals surface area contributed by atoms with E-state index in [0.717, 1.165) is 25.3 Å². The van der Waals surface area contributed by atoms with E-state index < -0.39 is 12.1 Å². The van der Waals surface area contributed by atoms with Gasteiger partial charge in [-0.2, -0.15) is 0 Å². The molecular weight excluding hydrogens is 232 g/mol. The molecule has 0 saturated carbocycles. The quantitative estimate of drug-likeness (QED) is 0.255. The van der Waals surface area contributed by atoms with E-state index in [4.69, 9.17) is 10.2 Å². The Morgan fingerprint density at radius 1 is 1.22 bits per heavy atom. The van der Waals surface area contributed by atoms with E-state index in [1.807, 2.05) is 12.2 Å². The van der Waals surface area contributed by atoms with Crippen LogP contribution in [0, 0.1) is 0 Å².